The van der Waals surface area contributed by atoms with Gasteiger partial charge < -0.3 is 20.5 Å². The van der Waals surface area contributed by atoms with Crippen molar-refractivity contribution in [1.82, 2.24) is 5.32 Å². The van der Waals surface area contributed by atoms with Crippen LogP contribution >= 0.6 is 0 Å². The lowest BCUT2D eigenvalue weighted by Crippen LogP contribution is -2.49. The van der Waals surface area contributed by atoms with E-state index in [9.17, 15) is 19.2 Å². The highest BCUT2D eigenvalue weighted by Gasteiger charge is 2.39. The van der Waals surface area contributed by atoms with Gasteiger partial charge in [-0.15, -0.1) is 0 Å². The summed E-state index contributed by atoms with van der Waals surface area (Å²) in [7, 11) is 0. The maximum absolute atomic E-state index is 12.4. The highest BCUT2D eigenvalue weighted by atomic mass is 16.6. The topological polar surface area (TPSA) is 125 Å². The number of nitrogens with two attached hydrogens (primary N) is 1. The fraction of sp³-hybridized carbons (Fsp3) is 0.765. The van der Waals surface area contributed by atoms with E-state index in [1.807, 2.05) is 13.8 Å². The molecule has 144 valence electrons. The van der Waals surface area contributed by atoms with Crippen LogP contribution in [0.15, 0.2) is 0 Å². The van der Waals surface area contributed by atoms with Crippen LogP contribution < -0.4 is 11.1 Å². The van der Waals surface area contributed by atoms with Crippen molar-refractivity contribution >= 4 is 23.8 Å². The Balaban J connectivity index is 4.99. The Morgan fingerprint density at radius 3 is 2.08 bits per heavy atom. The normalized spacial score (nSPS) is 12.2. The van der Waals surface area contributed by atoms with Crippen LogP contribution in [-0.4, -0.2) is 43.0 Å². The smallest absolute Gasteiger partial charge is 0.306 e. The van der Waals surface area contributed by atoms with E-state index in [-0.39, 0.29) is 38.4 Å². The number of hydrogen-bond acceptors (Lipinski definition) is 6. The number of rotatable bonds is 12. The molecule has 0 bridgehead atoms. The van der Waals surface area contributed by atoms with E-state index in [4.69, 9.17) is 15.2 Å². The van der Waals surface area contributed by atoms with Gasteiger partial charge in [0.1, 0.15) is 6.61 Å². The number of carbonyl (C=O) groups excluding carboxylic acids is 4. The molecule has 0 radical (unpaired) electrons. The Labute approximate surface area is 148 Å². The molecule has 0 aromatic carbocycles. The second kappa shape index (κ2) is 11.4. The number of nitrogens with one attached hydrogen (secondary N) is 1. The summed E-state index contributed by atoms with van der Waals surface area (Å²) in [5.41, 5.74) is 4.11. The predicted octanol–water partition coefficient (Wildman–Crippen LogP) is 1.06. The third kappa shape index (κ3) is 9.69. The zero-order chi connectivity index (χ0) is 19.5. The molecule has 1 unspecified atom stereocenters. The lowest BCUT2D eigenvalue weighted by atomic mass is 9.86. The second-order valence-electron chi connectivity index (χ2n) is 6.53. The van der Waals surface area contributed by atoms with Gasteiger partial charge >= 0.3 is 11.9 Å². The van der Waals surface area contributed by atoms with E-state index < -0.39 is 29.3 Å². The molecule has 8 nitrogen and oxygen atoms in total. The van der Waals surface area contributed by atoms with Crippen molar-refractivity contribution in [2.24, 2.45) is 11.1 Å². The number of ether oxygens (including phenoxy) is 2. The van der Waals surface area contributed by atoms with E-state index in [2.05, 4.69) is 5.32 Å². The molecule has 0 spiro atoms. The highest BCUT2D eigenvalue weighted by molar-refractivity contribution is 5.85. The lowest BCUT2D eigenvalue weighted by molar-refractivity contribution is -0.169. The first-order valence-corrected chi connectivity index (χ1v) is 8.55. The summed E-state index contributed by atoms with van der Waals surface area (Å²) in [5.74, 6) is -1.98. The van der Waals surface area contributed by atoms with Crippen molar-refractivity contribution in [3.8, 4) is 0 Å². The minimum absolute atomic E-state index is 0.0206. The molecular weight excluding hydrogens is 328 g/mol. The summed E-state index contributed by atoms with van der Waals surface area (Å²) in [5, 5.41) is 2.52. The van der Waals surface area contributed by atoms with Crippen LogP contribution in [0.2, 0.25) is 0 Å². The number of primary amides is 1. The van der Waals surface area contributed by atoms with E-state index in [1.54, 1.807) is 13.8 Å². The first-order valence-electron chi connectivity index (χ1n) is 8.55. The Morgan fingerprint density at radius 2 is 1.56 bits per heavy atom. The molecule has 0 aromatic heterocycles. The van der Waals surface area contributed by atoms with E-state index in [0.717, 1.165) is 0 Å². The van der Waals surface area contributed by atoms with Crippen LogP contribution in [0.25, 0.3) is 0 Å². The predicted molar refractivity (Wildman–Crippen MR) is 91.3 cm³/mol. The molecule has 8 heteroatoms. The van der Waals surface area contributed by atoms with Crippen LogP contribution in [0.5, 0.6) is 0 Å². The summed E-state index contributed by atoms with van der Waals surface area (Å²) < 4.78 is 10.5. The molecule has 0 fully saturated rings. The first-order chi connectivity index (χ1) is 11.6. The van der Waals surface area contributed by atoms with Gasteiger partial charge in [-0.3, -0.25) is 19.2 Å². The molecule has 0 heterocycles. The van der Waals surface area contributed by atoms with Gasteiger partial charge in [-0.05, 0) is 12.8 Å². The van der Waals surface area contributed by atoms with Gasteiger partial charge in [-0.1, -0.05) is 27.7 Å². The van der Waals surface area contributed by atoms with Crippen molar-refractivity contribution < 1.29 is 28.7 Å². The van der Waals surface area contributed by atoms with E-state index in [1.165, 1.54) is 0 Å². The van der Waals surface area contributed by atoms with E-state index in [0.29, 0.717) is 12.8 Å². The van der Waals surface area contributed by atoms with Gasteiger partial charge in [0.15, 0.2) is 6.10 Å². The SMILES string of the molecule is CCCC(=O)OCC(C)(C)C(OC(=O)CCC)C(=O)NCCC(N)=O. The number of amides is 2. The minimum atomic E-state index is -1.14. The summed E-state index contributed by atoms with van der Waals surface area (Å²) in [6.45, 7) is 6.99. The molecule has 0 aliphatic carbocycles. The van der Waals surface area contributed by atoms with Gasteiger partial charge in [0, 0.05) is 31.2 Å². The van der Waals surface area contributed by atoms with Gasteiger partial charge in [0.25, 0.3) is 5.91 Å². The molecule has 0 aliphatic heterocycles. The van der Waals surface area contributed by atoms with Crippen LogP contribution in [0.1, 0.15) is 59.8 Å². The molecule has 2 amide bonds. The summed E-state index contributed by atoms with van der Waals surface area (Å²) >= 11 is 0. The molecule has 0 rings (SSSR count). The molecule has 25 heavy (non-hydrogen) atoms. The Bertz CT molecular complexity index is 476. The first kappa shape index (κ1) is 22.9. The second-order valence-corrected chi connectivity index (χ2v) is 6.53. The molecular formula is C17H30N2O6. The maximum Gasteiger partial charge on any atom is 0.306 e. The highest BCUT2D eigenvalue weighted by Crippen LogP contribution is 2.25. The van der Waals surface area contributed by atoms with Gasteiger partial charge in [-0.2, -0.15) is 0 Å². The number of esters is 2. The monoisotopic (exact) mass is 358 g/mol. The fourth-order valence-corrected chi connectivity index (χ4v) is 1.98. The molecule has 0 aliphatic rings. The van der Waals surface area contributed by atoms with Gasteiger partial charge in [0.2, 0.25) is 5.91 Å². The molecule has 1 atom stereocenters. The summed E-state index contributed by atoms with van der Waals surface area (Å²) in [6.07, 6.45) is 0.530. The zero-order valence-electron chi connectivity index (χ0n) is 15.6. The van der Waals surface area contributed by atoms with Crippen LogP contribution in [0, 0.1) is 5.41 Å². The zero-order valence-corrected chi connectivity index (χ0v) is 15.6. The van der Waals surface area contributed by atoms with E-state index >= 15 is 0 Å². The summed E-state index contributed by atoms with van der Waals surface area (Å²) in [6, 6.07) is 0. The molecule has 0 saturated carbocycles. The average molecular weight is 358 g/mol. The van der Waals surface area contributed by atoms with Crippen LogP contribution in [-0.2, 0) is 28.7 Å². The van der Waals surface area contributed by atoms with Crippen LogP contribution in [0.4, 0.5) is 0 Å². The third-order valence-corrected chi connectivity index (χ3v) is 3.38. The molecule has 3 N–H and O–H groups in total. The standard InChI is InChI=1S/C17H30N2O6/c1-5-7-13(21)24-11-17(3,4)15(25-14(22)8-6-2)16(23)19-10-9-12(18)20/h15H,5-11H2,1-4H3,(H2,18,20)(H,19,23). The minimum Gasteiger partial charge on any atom is -0.465 e. The molecule has 0 saturated heterocycles. The fourth-order valence-electron chi connectivity index (χ4n) is 1.98. The van der Waals surface area contributed by atoms with Crippen molar-refractivity contribution in [1.29, 1.82) is 0 Å². The quantitative estimate of drug-likeness (QED) is 0.503. The summed E-state index contributed by atoms with van der Waals surface area (Å²) in [4.78, 5) is 46.6. The van der Waals surface area contributed by atoms with Crippen molar-refractivity contribution in [2.75, 3.05) is 13.2 Å². The number of hydrogen-bond donors (Lipinski definition) is 2. The lowest BCUT2D eigenvalue weighted by Gasteiger charge is -2.32. The average Bonchev–Trinajstić information content (AvgIpc) is 2.50. The molecule has 0 aromatic rings. The van der Waals surface area contributed by atoms with Crippen molar-refractivity contribution in [2.45, 2.75) is 65.9 Å². The Kier molecular flexibility index (Phi) is 10.5. The Hall–Kier alpha value is -2.12. The number of carbonyl (C=O) groups is 4. The Morgan fingerprint density at radius 1 is 1.00 bits per heavy atom. The van der Waals surface area contributed by atoms with Gasteiger partial charge in [-0.25, -0.2) is 0 Å². The third-order valence-electron chi connectivity index (χ3n) is 3.38. The van der Waals surface area contributed by atoms with Crippen molar-refractivity contribution in [3.05, 3.63) is 0 Å². The van der Waals surface area contributed by atoms with Crippen LogP contribution in [0.3, 0.4) is 0 Å². The maximum atomic E-state index is 12.4. The largest absolute Gasteiger partial charge is 0.465 e. The van der Waals surface area contributed by atoms with Gasteiger partial charge in [0.05, 0.1) is 0 Å². The van der Waals surface area contributed by atoms with Crippen molar-refractivity contribution in [3.63, 3.8) is 0 Å².